The minimum absolute atomic E-state index is 0.487. The van der Waals surface area contributed by atoms with E-state index in [1.54, 1.807) is 0 Å². The zero-order valence-electron chi connectivity index (χ0n) is 8.65. The zero-order chi connectivity index (χ0) is 8.91. The molecule has 0 aromatic carbocycles. The molecule has 0 atom stereocenters. The summed E-state index contributed by atoms with van der Waals surface area (Å²) in [7, 11) is 0. The van der Waals surface area contributed by atoms with Crippen LogP contribution in [0.1, 0.15) is 47.5 Å². The van der Waals surface area contributed by atoms with Crippen molar-refractivity contribution < 1.29 is 0 Å². The third-order valence-corrected chi connectivity index (χ3v) is 1.87. The Morgan fingerprint density at radius 1 is 1.27 bits per heavy atom. The highest BCUT2D eigenvalue weighted by Crippen LogP contribution is 2.29. The van der Waals surface area contributed by atoms with Crippen molar-refractivity contribution in [3.05, 3.63) is 12.2 Å². The van der Waals surface area contributed by atoms with E-state index in [-0.39, 0.29) is 0 Å². The maximum atomic E-state index is 2.34. The van der Waals surface area contributed by atoms with E-state index >= 15 is 0 Å². The third-order valence-electron chi connectivity index (χ3n) is 1.87. The molecule has 0 heteroatoms. The summed E-state index contributed by atoms with van der Waals surface area (Å²) in [5.41, 5.74) is 0.487. The van der Waals surface area contributed by atoms with E-state index in [0.29, 0.717) is 5.41 Å². The zero-order valence-corrected chi connectivity index (χ0v) is 8.65. The molecule has 0 aliphatic carbocycles. The van der Waals surface area contributed by atoms with Crippen molar-refractivity contribution >= 4 is 0 Å². The van der Waals surface area contributed by atoms with E-state index in [0.717, 1.165) is 5.92 Å². The van der Waals surface area contributed by atoms with Crippen LogP contribution in [-0.4, -0.2) is 0 Å². The Hall–Kier alpha value is -0.260. The van der Waals surface area contributed by atoms with Crippen LogP contribution in [0.3, 0.4) is 0 Å². The van der Waals surface area contributed by atoms with Gasteiger partial charge < -0.3 is 0 Å². The normalized spacial score (nSPS) is 13.3. The second-order valence-electron chi connectivity index (χ2n) is 4.54. The maximum Gasteiger partial charge on any atom is -0.0299 e. The second-order valence-corrected chi connectivity index (χ2v) is 4.54. The van der Waals surface area contributed by atoms with Crippen LogP contribution < -0.4 is 0 Å². The Morgan fingerprint density at radius 3 is 2.18 bits per heavy atom. The summed E-state index contributed by atoms with van der Waals surface area (Å²) in [4.78, 5) is 0. The highest BCUT2D eigenvalue weighted by atomic mass is 14.2. The molecule has 0 aliphatic rings. The first kappa shape index (κ1) is 10.7. The summed E-state index contributed by atoms with van der Waals surface area (Å²) >= 11 is 0. The second kappa shape index (κ2) is 4.58. The first-order chi connectivity index (χ1) is 4.98. The summed E-state index contributed by atoms with van der Waals surface area (Å²) in [5, 5.41) is 0. The molecular formula is C11H22. The molecule has 0 spiro atoms. The van der Waals surface area contributed by atoms with Gasteiger partial charge in [-0.25, -0.2) is 0 Å². The van der Waals surface area contributed by atoms with Crippen LogP contribution in [0.4, 0.5) is 0 Å². The molecule has 0 unspecified atom stereocenters. The lowest BCUT2D eigenvalue weighted by molar-refractivity contribution is 0.291. The predicted molar refractivity (Wildman–Crippen MR) is 52.7 cm³/mol. The van der Waals surface area contributed by atoms with Crippen molar-refractivity contribution in [3.8, 4) is 0 Å². The first-order valence-corrected chi connectivity index (χ1v) is 4.59. The average molecular weight is 154 g/mol. The van der Waals surface area contributed by atoms with E-state index < -0.39 is 0 Å². The van der Waals surface area contributed by atoms with Gasteiger partial charge >= 0.3 is 0 Å². The number of rotatable bonds is 4. The SMILES string of the molecule is C/C=C/CC(C)(C)CC(C)C. The van der Waals surface area contributed by atoms with E-state index in [4.69, 9.17) is 0 Å². The van der Waals surface area contributed by atoms with Crippen LogP contribution in [-0.2, 0) is 0 Å². The molecule has 0 fully saturated rings. The van der Waals surface area contributed by atoms with Gasteiger partial charge in [0.05, 0.1) is 0 Å². The van der Waals surface area contributed by atoms with Gasteiger partial charge in [-0.2, -0.15) is 0 Å². The Balaban J connectivity index is 3.79. The van der Waals surface area contributed by atoms with Crippen molar-refractivity contribution in [1.82, 2.24) is 0 Å². The maximum absolute atomic E-state index is 2.34. The summed E-state index contributed by atoms with van der Waals surface area (Å²) in [6.45, 7) is 11.3. The van der Waals surface area contributed by atoms with Crippen LogP contribution in [0.25, 0.3) is 0 Å². The molecule has 0 saturated carbocycles. The molecule has 0 radical (unpaired) electrons. The van der Waals surface area contributed by atoms with Gasteiger partial charge in [0.25, 0.3) is 0 Å². The fraction of sp³-hybridized carbons (Fsp3) is 0.818. The molecule has 0 heterocycles. The lowest BCUT2D eigenvalue weighted by Gasteiger charge is -2.24. The van der Waals surface area contributed by atoms with Gasteiger partial charge in [0.1, 0.15) is 0 Å². The Morgan fingerprint density at radius 2 is 1.82 bits per heavy atom. The quantitative estimate of drug-likeness (QED) is 0.536. The number of allylic oxidation sites excluding steroid dienone is 2. The first-order valence-electron chi connectivity index (χ1n) is 4.59. The molecular weight excluding hydrogens is 132 g/mol. The van der Waals surface area contributed by atoms with E-state index in [1.807, 2.05) is 0 Å². The number of hydrogen-bond donors (Lipinski definition) is 0. The van der Waals surface area contributed by atoms with Crippen LogP contribution in [0, 0.1) is 11.3 Å². The van der Waals surface area contributed by atoms with Gasteiger partial charge in [-0.3, -0.25) is 0 Å². The molecule has 0 saturated heterocycles. The largest absolute Gasteiger partial charge is 0.0916 e. The molecule has 0 aromatic heterocycles. The van der Waals surface area contributed by atoms with E-state index in [2.05, 4.69) is 46.8 Å². The van der Waals surface area contributed by atoms with Crippen LogP contribution in [0.5, 0.6) is 0 Å². The van der Waals surface area contributed by atoms with Crippen molar-refractivity contribution in [1.29, 1.82) is 0 Å². The minimum atomic E-state index is 0.487. The smallest absolute Gasteiger partial charge is 0.0299 e. The lowest BCUT2D eigenvalue weighted by atomic mass is 9.81. The minimum Gasteiger partial charge on any atom is -0.0916 e. The Kier molecular flexibility index (Phi) is 4.48. The van der Waals surface area contributed by atoms with Crippen molar-refractivity contribution in [2.75, 3.05) is 0 Å². The van der Waals surface area contributed by atoms with Gasteiger partial charge in [0, 0.05) is 0 Å². The van der Waals surface area contributed by atoms with E-state index in [1.165, 1.54) is 12.8 Å². The summed E-state index contributed by atoms with van der Waals surface area (Å²) in [6, 6.07) is 0. The standard InChI is InChI=1S/C11H22/c1-6-7-8-11(4,5)9-10(2)3/h6-7,10H,8-9H2,1-5H3/b7-6+. The van der Waals surface area contributed by atoms with Gasteiger partial charge in [-0.15, -0.1) is 0 Å². The summed E-state index contributed by atoms with van der Waals surface area (Å²) < 4.78 is 0. The topological polar surface area (TPSA) is 0 Å². The molecule has 0 bridgehead atoms. The van der Waals surface area contributed by atoms with Crippen LogP contribution >= 0.6 is 0 Å². The summed E-state index contributed by atoms with van der Waals surface area (Å²) in [5.74, 6) is 0.815. The predicted octanol–water partition coefficient (Wildman–Crippen LogP) is 4.02. The molecule has 0 amide bonds. The monoisotopic (exact) mass is 154 g/mol. The number of hydrogen-bond acceptors (Lipinski definition) is 0. The van der Waals surface area contributed by atoms with E-state index in [9.17, 15) is 0 Å². The molecule has 66 valence electrons. The molecule has 0 aromatic rings. The Labute approximate surface area is 71.7 Å². The van der Waals surface area contributed by atoms with Crippen molar-refractivity contribution in [2.45, 2.75) is 47.5 Å². The molecule has 0 rings (SSSR count). The average Bonchev–Trinajstić information content (AvgIpc) is 1.81. The fourth-order valence-corrected chi connectivity index (χ4v) is 1.63. The lowest BCUT2D eigenvalue weighted by Crippen LogP contribution is -2.12. The molecule has 0 N–H and O–H groups in total. The Bertz CT molecular complexity index is 118. The molecule has 11 heavy (non-hydrogen) atoms. The highest BCUT2D eigenvalue weighted by Gasteiger charge is 2.16. The molecule has 0 aliphatic heterocycles. The fourth-order valence-electron chi connectivity index (χ4n) is 1.63. The van der Waals surface area contributed by atoms with Crippen molar-refractivity contribution in [2.24, 2.45) is 11.3 Å². The van der Waals surface area contributed by atoms with Gasteiger partial charge in [0.15, 0.2) is 0 Å². The van der Waals surface area contributed by atoms with Gasteiger partial charge in [-0.1, -0.05) is 39.8 Å². The van der Waals surface area contributed by atoms with Gasteiger partial charge in [-0.05, 0) is 31.1 Å². The molecule has 0 nitrogen and oxygen atoms in total. The highest BCUT2D eigenvalue weighted by molar-refractivity contribution is 4.85. The third kappa shape index (κ3) is 6.15. The van der Waals surface area contributed by atoms with Crippen LogP contribution in [0.15, 0.2) is 12.2 Å². The van der Waals surface area contributed by atoms with Gasteiger partial charge in [0.2, 0.25) is 0 Å². The van der Waals surface area contributed by atoms with Crippen LogP contribution in [0.2, 0.25) is 0 Å². The van der Waals surface area contributed by atoms with Crippen molar-refractivity contribution in [3.63, 3.8) is 0 Å². The summed E-state index contributed by atoms with van der Waals surface area (Å²) in [6.07, 6.45) is 6.93.